The van der Waals surface area contributed by atoms with Crippen molar-refractivity contribution in [2.45, 2.75) is 46.2 Å². The van der Waals surface area contributed by atoms with E-state index < -0.39 is 0 Å². The van der Waals surface area contributed by atoms with Crippen LogP contribution in [0.25, 0.3) is 0 Å². The molecule has 0 radical (unpaired) electrons. The molecule has 1 N–H and O–H groups in total. The number of hydrogen-bond acceptors (Lipinski definition) is 2. The van der Waals surface area contributed by atoms with Crippen molar-refractivity contribution in [3.63, 3.8) is 0 Å². The molecule has 18 heavy (non-hydrogen) atoms. The fourth-order valence-electron chi connectivity index (χ4n) is 2.18. The van der Waals surface area contributed by atoms with Crippen molar-refractivity contribution in [3.8, 4) is 0 Å². The molecule has 0 amide bonds. The van der Waals surface area contributed by atoms with Gasteiger partial charge in [-0.15, -0.1) is 0 Å². The number of nitrogens with one attached hydrogen (secondary N) is 1. The molecule has 0 aliphatic heterocycles. The van der Waals surface area contributed by atoms with Crippen LogP contribution < -0.4 is 5.32 Å². The topological polar surface area (TPSA) is 15.3 Å². The lowest BCUT2D eigenvalue weighted by Gasteiger charge is -2.32. The van der Waals surface area contributed by atoms with Gasteiger partial charge in [0.2, 0.25) is 0 Å². The Morgan fingerprint density at radius 3 is 2.28 bits per heavy atom. The SMILES string of the molecule is CCCNC(c1ccc(C)cc1)C(C)N(C)CC. The Hall–Kier alpha value is -0.860. The predicted molar refractivity (Wildman–Crippen MR) is 80.0 cm³/mol. The normalized spacial score (nSPS) is 14.8. The summed E-state index contributed by atoms with van der Waals surface area (Å²) < 4.78 is 0. The Balaban J connectivity index is 2.86. The molecule has 2 heteroatoms. The van der Waals surface area contributed by atoms with Crippen molar-refractivity contribution in [2.24, 2.45) is 0 Å². The van der Waals surface area contributed by atoms with E-state index >= 15 is 0 Å². The second-order valence-electron chi connectivity index (χ2n) is 5.16. The summed E-state index contributed by atoms with van der Waals surface area (Å²) in [5.41, 5.74) is 2.71. The minimum absolute atomic E-state index is 0.413. The number of benzene rings is 1. The first kappa shape index (κ1) is 15.2. The van der Waals surface area contributed by atoms with Crippen LogP contribution >= 0.6 is 0 Å². The first-order valence-electron chi connectivity index (χ1n) is 7.10. The number of likely N-dealkylation sites (N-methyl/N-ethyl adjacent to an activating group) is 1. The van der Waals surface area contributed by atoms with Crippen LogP contribution in [0, 0.1) is 6.92 Å². The van der Waals surface area contributed by atoms with Gasteiger partial charge in [0, 0.05) is 12.1 Å². The Morgan fingerprint density at radius 1 is 1.17 bits per heavy atom. The van der Waals surface area contributed by atoms with Crippen molar-refractivity contribution in [2.75, 3.05) is 20.1 Å². The maximum atomic E-state index is 3.68. The Morgan fingerprint density at radius 2 is 1.78 bits per heavy atom. The van der Waals surface area contributed by atoms with Gasteiger partial charge < -0.3 is 10.2 Å². The van der Waals surface area contributed by atoms with Gasteiger partial charge in [-0.3, -0.25) is 0 Å². The molecular formula is C16H28N2. The zero-order chi connectivity index (χ0) is 13.5. The Kier molecular flexibility index (Phi) is 6.37. The third kappa shape index (κ3) is 4.11. The smallest absolute Gasteiger partial charge is 0.0475 e. The maximum absolute atomic E-state index is 3.68. The molecule has 0 fully saturated rings. The lowest BCUT2D eigenvalue weighted by atomic mass is 9.98. The third-order valence-corrected chi connectivity index (χ3v) is 3.73. The molecule has 0 saturated carbocycles. The van der Waals surface area contributed by atoms with Gasteiger partial charge >= 0.3 is 0 Å². The molecule has 102 valence electrons. The van der Waals surface area contributed by atoms with E-state index in [4.69, 9.17) is 0 Å². The Bertz CT molecular complexity index is 331. The minimum Gasteiger partial charge on any atom is -0.309 e. The summed E-state index contributed by atoms with van der Waals surface area (Å²) in [5.74, 6) is 0. The summed E-state index contributed by atoms with van der Waals surface area (Å²) in [6.07, 6.45) is 1.17. The molecule has 0 aliphatic rings. The summed E-state index contributed by atoms with van der Waals surface area (Å²) in [4.78, 5) is 2.40. The van der Waals surface area contributed by atoms with E-state index in [1.807, 2.05) is 0 Å². The van der Waals surface area contributed by atoms with Gasteiger partial charge in [0.15, 0.2) is 0 Å². The van der Waals surface area contributed by atoms with Crippen LogP contribution in [0.4, 0.5) is 0 Å². The molecule has 0 spiro atoms. The molecule has 0 aliphatic carbocycles. The van der Waals surface area contributed by atoms with Gasteiger partial charge in [0.25, 0.3) is 0 Å². The van der Waals surface area contributed by atoms with Crippen molar-refractivity contribution in [3.05, 3.63) is 35.4 Å². The fraction of sp³-hybridized carbons (Fsp3) is 0.625. The predicted octanol–water partition coefficient (Wildman–Crippen LogP) is 3.38. The van der Waals surface area contributed by atoms with Crippen LogP contribution in [0.1, 0.15) is 44.4 Å². The number of nitrogens with zero attached hydrogens (tertiary/aromatic N) is 1. The summed E-state index contributed by atoms with van der Waals surface area (Å²) >= 11 is 0. The zero-order valence-electron chi connectivity index (χ0n) is 12.5. The highest BCUT2D eigenvalue weighted by molar-refractivity contribution is 5.25. The van der Waals surface area contributed by atoms with Crippen molar-refractivity contribution >= 4 is 0 Å². The molecule has 1 aromatic rings. The van der Waals surface area contributed by atoms with Crippen molar-refractivity contribution < 1.29 is 0 Å². The molecule has 0 saturated heterocycles. The standard InChI is InChI=1S/C16H28N2/c1-6-12-17-16(14(4)18(5)7-2)15-10-8-13(3)9-11-15/h8-11,14,16-17H,6-7,12H2,1-5H3. The molecule has 0 heterocycles. The van der Waals surface area contributed by atoms with E-state index in [9.17, 15) is 0 Å². The molecule has 0 bridgehead atoms. The average molecular weight is 248 g/mol. The number of hydrogen-bond donors (Lipinski definition) is 1. The van der Waals surface area contributed by atoms with E-state index in [-0.39, 0.29) is 0 Å². The zero-order valence-corrected chi connectivity index (χ0v) is 12.5. The Labute approximate surface area is 112 Å². The second-order valence-corrected chi connectivity index (χ2v) is 5.16. The molecular weight excluding hydrogens is 220 g/mol. The summed E-state index contributed by atoms with van der Waals surface area (Å²) in [6.45, 7) is 11.0. The van der Waals surface area contributed by atoms with E-state index in [0.29, 0.717) is 12.1 Å². The van der Waals surface area contributed by atoms with Crippen LogP contribution in [-0.4, -0.2) is 31.1 Å². The van der Waals surface area contributed by atoms with Crippen molar-refractivity contribution in [1.82, 2.24) is 10.2 Å². The largest absolute Gasteiger partial charge is 0.309 e. The van der Waals surface area contributed by atoms with Crippen LogP contribution in [0.3, 0.4) is 0 Å². The van der Waals surface area contributed by atoms with E-state index in [2.05, 4.69) is 69.2 Å². The molecule has 0 aromatic heterocycles. The van der Waals surface area contributed by atoms with Gasteiger partial charge in [-0.2, -0.15) is 0 Å². The highest BCUT2D eigenvalue weighted by atomic mass is 15.2. The second kappa shape index (κ2) is 7.55. The number of aryl methyl sites for hydroxylation is 1. The summed E-state index contributed by atoms with van der Waals surface area (Å²) in [5, 5.41) is 3.68. The van der Waals surface area contributed by atoms with Crippen LogP contribution in [-0.2, 0) is 0 Å². The van der Waals surface area contributed by atoms with Gasteiger partial charge in [0.05, 0.1) is 0 Å². The van der Waals surface area contributed by atoms with Crippen LogP contribution in [0.2, 0.25) is 0 Å². The highest BCUT2D eigenvalue weighted by Gasteiger charge is 2.21. The third-order valence-electron chi connectivity index (χ3n) is 3.73. The van der Waals surface area contributed by atoms with E-state index in [1.165, 1.54) is 17.5 Å². The number of rotatable bonds is 7. The first-order valence-corrected chi connectivity index (χ1v) is 7.10. The minimum atomic E-state index is 0.413. The van der Waals surface area contributed by atoms with E-state index in [1.54, 1.807) is 0 Å². The maximum Gasteiger partial charge on any atom is 0.0475 e. The lowest BCUT2D eigenvalue weighted by molar-refractivity contribution is 0.216. The van der Waals surface area contributed by atoms with Crippen molar-refractivity contribution in [1.29, 1.82) is 0 Å². The van der Waals surface area contributed by atoms with E-state index in [0.717, 1.165) is 13.1 Å². The molecule has 1 rings (SSSR count). The molecule has 2 nitrogen and oxygen atoms in total. The quantitative estimate of drug-likeness (QED) is 0.796. The lowest BCUT2D eigenvalue weighted by Crippen LogP contribution is -2.41. The summed E-state index contributed by atoms with van der Waals surface area (Å²) in [7, 11) is 2.19. The van der Waals surface area contributed by atoms with Crippen LogP contribution in [0.15, 0.2) is 24.3 Å². The average Bonchev–Trinajstić information content (AvgIpc) is 2.39. The van der Waals surface area contributed by atoms with Crippen LogP contribution in [0.5, 0.6) is 0 Å². The highest BCUT2D eigenvalue weighted by Crippen LogP contribution is 2.20. The summed E-state index contributed by atoms with van der Waals surface area (Å²) in [6, 6.07) is 9.83. The monoisotopic (exact) mass is 248 g/mol. The van der Waals surface area contributed by atoms with Gasteiger partial charge in [-0.25, -0.2) is 0 Å². The van der Waals surface area contributed by atoms with Gasteiger partial charge in [-0.05, 0) is 46.0 Å². The van der Waals surface area contributed by atoms with Gasteiger partial charge in [-0.1, -0.05) is 43.7 Å². The molecule has 2 atom stereocenters. The fourth-order valence-corrected chi connectivity index (χ4v) is 2.18. The molecule has 1 aromatic carbocycles. The van der Waals surface area contributed by atoms with Gasteiger partial charge in [0.1, 0.15) is 0 Å². The first-order chi connectivity index (χ1) is 8.60. The molecule has 2 unspecified atom stereocenters.